The van der Waals surface area contributed by atoms with Gasteiger partial charge in [0.05, 0.1) is 5.69 Å². The minimum Gasteiger partial charge on any atom is -0.369 e. The molecule has 0 aromatic heterocycles. The van der Waals surface area contributed by atoms with Crippen LogP contribution in [-0.2, 0) is 13.1 Å². The number of benzene rings is 2. The zero-order valence-electron chi connectivity index (χ0n) is 11.7. The first-order chi connectivity index (χ1) is 9.61. The fourth-order valence-corrected chi connectivity index (χ4v) is 3.07. The molecule has 20 heavy (non-hydrogen) atoms. The quantitative estimate of drug-likeness (QED) is 0.854. The van der Waals surface area contributed by atoms with Gasteiger partial charge >= 0.3 is 0 Å². The minimum absolute atomic E-state index is 0.781. The summed E-state index contributed by atoms with van der Waals surface area (Å²) in [4.78, 5) is 2.19. The SMILES string of the molecule is CNCc1ccc(N(C)Cc2ccccc2Cl)c(Br)c1. The van der Waals surface area contributed by atoms with Gasteiger partial charge in [-0.25, -0.2) is 0 Å². The number of halogens is 2. The molecule has 0 aliphatic heterocycles. The molecule has 0 saturated carbocycles. The van der Waals surface area contributed by atoms with Crippen molar-refractivity contribution >= 4 is 33.2 Å². The van der Waals surface area contributed by atoms with E-state index < -0.39 is 0 Å². The van der Waals surface area contributed by atoms with Crippen LogP contribution in [0, 0.1) is 0 Å². The number of nitrogens with one attached hydrogen (secondary N) is 1. The third-order valence-electron chi connectivity index (χ3n) is 3.17. The third-order valence-corrected chi connectivity index (χ3v) is 4.17. The Balaban J connectivity index is 2.17. The van der Waals surface area contributed by atoms with Crippen molar-refractivity contribution in [3.63, 3.8) is 0 Å². The minimum atomic E-state index is 0.781. The van der Waals surface area contributed by atoms with Crippen LogP contribution < -0.4 is 10.2 Å². The normalized spacial score (nSPS) is 10.6. The van der Waals surface area contributed by atoms with Gasteiger partial charge in [0.15, 0.2) is 0 Å². The van der Waals surface area contributed by atoms with Gasteiger partial charge in [-0.15, -0.1) is 0 Å². The van der Waals surface area contributed by atoms with Crippen LogP contribution in [0.15, 0.2) is 46.9 Å². The van der Waals surface area contributed by atoms with Crippen molar-refractivity contribution in [3.8, 4) is 0 Å². The van der Waals surface area contributed by atoms with Crippen molar-refractivity contribution in [1.29, 1.82) is 0 Å². The van der Waals surface area contributed by atoms with Gasteiger partial charge in [0.2, 0.25) is 0 Å². The molecule has 2 rings (SSSR count). The van der Waals surface area contributed by atoms with Crippen LogP contribution in [0.25, 0.3) is 0 Å². The smallest absolute Gasteiger partial charge is 0.0511 e. The highest BCUT2D eigenvalue weighted by Gasteiger charge is 2.09. The lowest BCUT2D eigenvalue weighted by Gasteiger charge is -2.22. The summed E-state index contributed by atoms with van der Waals surface area (Å²) in [6.07, 6.45) is 0. The Hall–Kier alpha value is -1.03. The van der Waals surface area contributed by atoms with Gasteiger partial charge in [-0.2, -0.15) is 0 Å². The van der Waals surface area contributed by atoms with E-state index in [0.717, 1.165) is 33.8 Å². The molecule has 0 fully saturated rings. The van der Waals surface area contributed by atoms with Crippen LogP contribution in [0.3, 0.4) is 0 Å². The summed E-state index contributed by atoms with van der Waals surface area (Å²) in [6.45, 7) is 1.65. The second kappa shape index (κ2) is 7.11. The second-order valence-corrected chi connectivity index (χ2v) is 6.03. The van der Waals surface area contributed by atoms with E-state index in [0.29, 0.717) is 0 Å². The molecule has 0 heterocycles. The van der Waals surface area contributed by atoms with Crippen molar-refractivity contribution in [2.24, 2.45) is 0 Å². The number of rotatable bonds is 5. The van der Waals surface area contributed by atoms with Crippen LogP contribution in [0.1, 0.15) is 11.1 Å². The van der Waals surface area contributed by atoms with Crippen LogP contribution in [0.2, 0.25) is 5.02 Å². The predicted octanol–water partition coefficient (Wildman–Crippen LogP) is 4.46. The van der Waals surface area contributed by atoms with Gasteiger partial charge < -0.3 is 10.2 Å². The number of hydrogen-bond acceptors (Lipinski definition) is 2. The average Bonchev–Trinajstić information content (AvgIpc) is 2.42. The fraction of sp³-hybridized carbons (Fsp3) is 0.250. The Kier molecular flexibility index (Phi) is 5.46. The fourth-order valence-electron chi connectivity index (χ4n) is 2.14. The molecule has 2 aromatic carbocycles. The standard InChI is InChI=1S/C16H18BrClN2/c1-19-10-12-7-8-16(14(17)9-12)20(2)11-13-5-3-4-6-15(13)18/h3-9,19H,10-11H2,1-2H3. The number of anilines is 1. The van der Waals surface area contributed by atoms with Gasteiger partial charge in [-0.3, -0.25) is 0 Å². The lowest BCUT2D eigenvalue weighted by atomic mass is 10.1. The molecule has 2 aromatic rings. The molecule has 4 heteroatoms. The molecular weight excluding hydrogens is 336 g/mol. The largest absolute Gasteiger partial charge is 0.369 e. The monoisotopic (exact) mass is 352 g/mol. The summed E-state index contributed by atoms with van der Waals surface area (Å²) in [6, 6.07) is 14.4. The van der Waals surface area contributed by atoms with Crippen LogP contribution in [0.4, 0.5) is 5.69 Å². The van der Waals surface area contributed by atoms with E-state index in [2.05, 4.69) is 57.5 Å². The summed E-state index contributed by atoms with van der Waals surface area (Å²) in [5.74, 6) is 0. The van der Waals surface area contributed by atoms with Gasteiger partial charge in [-0.1, -0.05) is 35.9 Å². The molecule has 0 aliphatic rings. The average molecular weight is 354 g/mol. The van der Waals surface area contributed by atoms with E-state index in [1.165, 1.54) is 5.56 Å². The summed E-state index contributed by atoms with van der Waals surface area (Å²) >= 11 is 9.86. The van der Waals surface area contributed by atoms with Crippen LogP contribution in [0.5, 0.6) is 0 Å². The molecule has 0 bridgehead atoms. The zero-order chi connectivity index (χ0) is 14.5. The van der Waals surface area contributed by atoms with E-state index in [1.807, 2.05) is 25.2 Å². The topological polar surface area (TPSA) is 15.3 Å². The molecule has 0 unspecified atom stereocenters. The summed E-state index contributed by atoms with van der Waals surface area (Å²) < 4.78 is 1.10. The highest BCUT2D eigenvalue weighted by atomic mass is 79.9. The van der Waals surface area contributed by atoms with Crippen molar-refractivity contribution < 1.29 is 0 Å². The van der Waals surface area contributed by atoms with E-state index in [9.17, 15) is 0 Å². The maximum Gasteiger partial charge on any atom is 0.0511 e. The van der Waals surface area contributed by atoms with Gasteiger partial charge in [0.1, 0.15) is 0 Å². The van der Waals surface area contributed by atoms with Gasteiger partial charge in [0.25, 0.3) is 0 Å². The zero-order valence-corrected chi connectivity index (χ0v) is 14.0. The molecule has 1 N–H and O–H groups in total. The van der Waals surface area contributed by atoms with Crippen molar-refractivity contribution in [1.82, 2.24) is 5.32 Å². The Morgan fingerprint density at radius 3 is 2.60 bits per heavy atom. The first-order valence-electron chi connectivity index (χ1n) is 6.49. The molecule has 0 amide bonds. The van der Waals surface area contributed by atoms with E-state index >= 15 is 0 Å². The van der Waals surface area contributed by atoms with Crippen molar-refractivity contribution in [2.45, 2.75) is 13.1 Å². The summed E-state index contributed by atoms with van der Waals surface area (Å²) in [7, 11) is 4.02. The van der Waals surface area contributed by atoms with Crippen molar-refractivity contribution in [2.75, 3.05) is 19.0 Å². The van der Waals surface area contributed by atoms with Crippen molar-refractivity contribution in [3.05, 3.63) is 63.1 Å². The maximum absolute atomic E-state index is 6.22. The van der Waals surface area contributed by atoms with Crippen LogP contribution >= 0.6 is 27.5 Å². The van der Waals surface area contributed by atoms with E-state index in [1.54, 1.807) is 0 Å². The first-order valence-corrected chi connectivity index (χ1v) is 7.66. The highest BCUT2D eigenvalue weighted by Crippen LogP contribution is 2.28. The van der Waals surface area contributed by atoms with Crippen LogP contribution in [-0.4, -0.2) is 14.1 Å². The molecule has 106 valence electrons. The van der Waals surface area contributed by atoms with Gasteiger partial charge in [-0.05, 0) is 52.3 Å². The lowest BCUT2D eigenvalue weighted by Crippen LogP contribution is -2.17. The molecular formula is C16H18BrClN2. The maximum atomic E-state index is 6.22. The third kappa shape index (κ3) is 3.75. The Bertz CT molecular complexity index is 586. The predicted molar refractivity (Wildman–Crippen MR) is 90.5 cm³/mol. The Morgan fingerprint density at radius 2 is 1.95 bits per heavy atom. The van der Waals surface area contributed by atoms with Gasteiger partial charge in [0, 0.05) is 29.6 Å². The first kappa shape index (κ1) is 15.4. The summed E-state index contributed by atoms with van der Waals surface area (Å²) in [5.41, 5.74) is 3.54. The van der Waals surface area contributed by atoms with E-state index in [-0.39, 0.29) is 0 Å². The molecule has 0 saturated heterocycles. The summed E-state index contributed by atoms with van der Waals surface area (Å²) in [5, 5.41) is 3.96. The number of nitrogens with zero attached hydrogens (tertiary/aromatic N) is 1. The highest BCUT2D eigenvalue weighted by molar-refractivity contribution is 9.10. The Labute approximate surface area is 133 Å². The molecule has 0 spiro atoms. The molecule has 0 aliphatic carbocycles. The Morgan fingerprint density at radius 1 is 1.20 bits per heavy atom. The molecule has 2 nitrogen and oxygen atoms in total. The second-order valence-electron chi connectivity index (χ2n) is 4.76. The lowest BCUT2D eigenvalue weighted by molar-refractivity contribution is 0.816. The number of hydrogen-bond donors (Lipinski definition) is 1. The molecule has 0 atom stereocenters. The molecule has 0 radical (unpaired) electrons. The van der Waals surface area contributed by atoms with E-state index in [4.69, 9.17) is 11.6 Å².